The van der Waals surface area contributed by atoms with Gasteiger partial charge in [0.05, 0.1) is 0 Å². The lowest BCUT2D eigenvalue weighted by Crippen LogP contribution is -2.27. The predicted molar refractivity (Wildman–Crippen MR) is 58.4 cm³/mol. The maximum Gasteiger partial charge on any atom is 0.405 e. The number of hydrogen-bond acceptors (Lipinski definition) is 5. The fourth-order valence-corrected chi connectivity index (χ4v) is 1.41. The summed E-state index contributed by atoms with van der Waals surface area (Å²) in [6.45, 7) is 1.34. The Morgan fingerprint density at radius 1 is 1.50 bits per heavy atom. The number of nitrogens with zero attached hydrogens (tertiary/aromatic N) is 1. The molecular weight excluding hydrogens is 243 g/mol. The number of amides is 1. The minimum absolute atomic E-state index is 0.143. The third-order valence-electron chi connectivity index (χ3n) is 2.22. The highest BCUT2D eigenvalue weighted by molar-refractivity contribution is 5.98. The molecule has 6 nitrogen and oxygen atoms in total. The third kappa shape index (κ3) is 2.29. The Labute approximate surface area is 101 Å². The molecule has 1 aromatic carbocycles. The molecule has 1 aromatic heterocycles. The Bertz CT molecular complexity index is 623. The lowest BCUT2D eigenvalue weighted by Gasteiger charge is -2.06. The first kappa shape index (κ1) is 12.0. The largest absolute Gasteiger partial charge is 0.438 e. The van der Waals surface area contributed by atoms with Crippen LogP contribution in [0.5, 0.6) is 0 Å². The summed E-state index contributed by atoms with van der Waals surface area (Å²) in [5.74, 6) is -1.41. The van der Waals surface area contributed by atoms with Crippen molar-refractivity contribution in [2.75, 3.05) is 0 Å². The van der Waals surface area contributed by atoms with Crippen LogP contribution >= 0.6 is 0 Å². The van der Waals surface area contributed by atoms with Crippen molar-refractivity contribution in [2.45, 2.75) is 13.0 Å². The first-order valence-electron chi connectivity index (χ1n) is 5.04. The SMILES string of the molecule is CC(OC(N)=O)C(=O)c1nc2ccc(F)cc2o1. The van der Waals surface area contributed by atoms with Crippen LogP contribution in [0.1, 0.15) is 17.6 Å². The maximum atomic E-state index is 12.9. The van der Waals surface area contributed by atoms with E-state index in [0.29, 0.717) is 5.52 Å². The second-order valence-corrected chi connectivity index (χ2v) is 3.57. The van der Waals surface area contributed by atoms with Crippen LogP contribution < -0.4 is 5.73 Å². The summed E-state index contributed by atoms with van der Waals surface area (Å²) >= 11 is 0. The number of Topliss-reactive ketones (excluding diaryl/α,β-unsaturated/α-hetero) is 1. The normalized spacial score (nSPS) is 12.3. The zero-order valence-electron chi connectivity index (χ0n) is 9.34. The molecule has 0 aliphatic rings. The predicted octanol–water partition coefficient (Wildman–Crippen LogP) is 1.63. The number of carbonyl (C=O) groups excluding carboxylic acids is 2. The van der Waals surface area contributed by atoms with Gasteiger partial charge in [0.1, 0.15) is 11.3 Å². The molecule has 2 rings (SSSR count). The van der Waals surface area contributed by atoms with E-state index in [0.717, 1.165) is 6.07 Å². The monoisotopic (exact) mass is 252 g/mol. The molecule has 1 heterocycles. The van der Waals surface area contributed by atoms with Gasteiger partial charge in [0.15, 0.2) is 11.7 Å². The number of primary amides is 1. The highest BCUT2D eigenvalue weighted by Gasteiger charge is 2.23. The molecule has 0 aliphatic heterocycles. The van der Waals surface area contributed by atoms with Gasteiger partial charge in [-0.2, -0.15) is 0 Å². The molecule has 0 aliphatic carbocycles. The van der Waals surface area contributed by atoms with Gasteiger partial charge in [-0.1, -0.05) is 0 Å². The third-order valence-corrected chi connectivity index (χ3v) is 2.22. The number of oxazole rings is 1. The number of ketones is 1. The Balaban J connectivity index is 2.30. The van der Waals surface area contributed by atoms with E-state index in [2.05, 4.69) is 9.72 Å². The van der Waals surface area contributed by atoms with Crippen LogP contribution in [0.4, 0.5) is 9.18 Å². The van der Waals surface area contributed by atoms with Crippen molar-refractivity contribution in [3.63, 3.8) is 0 Å². The molecule has 94 valence electrons. The van der Waals surface area contributed by atoms with Crippen molar-refractivity contribution in [1.29, 1.82) is 0 Å². The van der Waals surface area contributed by atoms with Gasteiger partial charge in [0.25, 0.3) is 11.7 Å². The van der Waals surface area contributed by atoms with Crippen molar-refractivity contribution in [3.05, 3.63) is 29.9 Å². The zero-order valence-corrected chi connectivity index (χ0v) is 9.34. The molecule has 2 N–H and O–H groups in total. The Hall–Kier alpha value is -2.44. The highest BCUT2D eigenvalue weighted by Crippen LogP contribution is 2.18. The Kier molecular flexibility index (Phi) is 2.97. The quantitative estimate of drug-likeness (QED) is 0.837. The Morgan fingerprint density at radius 3 is 2.89 bits per heavy atom. The summed E-state index contributed by atoms with van der Waals surface area (Å²) in [5, 5.41) is 0. The van der Waals surface area contributed by atoms with Gasteiger partial charge < -0.3 is 14.9 Å². The number of fused-ring (bicyclic) bond motifs is 1. The lowest BCUT2D eigenvalue weighted by molar-refractivity contribution is 0.0664. The topological polar surface area (TPSA) is 95.4 Å². The standard InChI is InChI=1S/C11H9FN2O4/c1-5(17-11(13)16)9(15)10-14-7-3-2-6(12)4-8(7)18-10/h2-5H,1H3,(H2,13,16). The molecule has 0 saturated carbocycles. The summed E-state index contributed by atoms with van der Waals surface area (Å²) in [6, 6.07) is 3.69. The van der Waals surface area contributed by atoms with Crippen LogP contribution in [-0.2, 0) is 4.74 Å². The van der Waals surface area contributed by atoms with E-state index in [1.807, 2.05) is 0 Å². The van der Waals surface area contributed by atoms with E-state index in [-0.39, 0.29) is 11.5 Å². The van der Waals surface area contributed by atoms with E-state index < -0.39 is 23.8 Å². The average Bonchev–Trinajstić information content (AvgIpc) is 2.69. The summed E-state index contributed by atoms with van der Waals surface area (Å²) in [4.78, 5) is 26.1. The number of aromatic nitrogens is 1. The van der Waals surface area contributed by atoms with Crippen molar-refractivity contribution in [2.24, 2.45) is 5.73 Å². The van der Waals surface area contributed by atoms with Crippen molar-refractivity contribution >= 4 is 23.0 Å². The smallest absolute Gasteiger partial charge is 0.405 e. The van der Waals surface area contributed by atoms with Gasteiger partial charge in [0.2, 0.25) is 0 Å². The molecule has 0 bridgehead atoms. The fourth-order valence-electron chi connectivity index (χ4n) is 1.41. The number of benzene rings is 1. The van der Waals surface area contributed by atoms with Crippen molar-refractivity contribution < 1.29 is 23.1 Å². The molecule has 1 unspecified atom stereocenters. The van der Waals surface area contributed by atoms with E-state index in [4.69, 9.17) is 10.2 Å². The van der Waals surface area contributed by atoms with Crippen LogP contribution in [-0.4, -0.2) is 23.0 Å². The summed E-state index contributed by atoms with van der Waals surface area (Å²) in [5.41, 5.74) is 5.27. The molecular formula is C11H9FN2O4. The van der Waals surface area contributed by atoms with Gasteiger partial charge >= 0.3 is 6.09 Å². The number of ether oxygens (including phenoxy) is 1. The first-order chi connectivity index (χ1) is 8.47. The molecule has 0 fully saturated rings. The second-order valence-electron chi connectivity index (χ2n) is 3.57. The molecule has 1 amide bonds. The molecule has 1 atom stereocenters. The first-order valence-corrected chi connectivity index (χ1v) is 5.04. The Morgan fingerprint density at radius 2 is 2.22 bits per heavy atom. The van der Waals surface area contributed by atoms with Crippen LogP contribution in [0, 0.1) is 5.82 Å². The maximum absolute atomic E-state index is 12.9. The lowest BCUT2D eigenvalue weighted by atomic mass is 10.2. The molecule has 0 radical (unpaired) electrons. The minimum atomic E-state index is -1.11. The number of halogens is 1. The number of nitrogens with two attached hydrogens (primary N) is 1. The van der Waals surface area contributed by atoms with E-state index in [1.54, 1.807) is 0 Å². The molecule has 7 heteroatoms. The van der Waals surface area contributed by atoms with Crippen LogP contribution in [0.2, 0.25) is 0 Å². The van der Waals surface area contributed by atoms with Gasteiger partial charge in [-0.25, -0.2) is 14.2 Å². The fraction of sp³-hybridized carbons (Fsp3) is 0.182. The van der Waals surface area contributed by atoms with Crippen LogP contribution in [0.15, 0.2) is 22.6 Å². The molecule has 18 heavy (non-hydrogen) atoms. The second kappa shape index (κ2) is 4.44. The van der Waals surface area contributed by atoms with E-state index in [9.17, 15) is 14.0 Å². The summed E-state index contributed by atoms with van der Waals surface area (Å²) < 4.78 is 22.5. The van der Waals surface area contributed by atoms with Gasteiger partial charge in [-0.15, -0.1) is 0 Å². The van der Waals surface area contributed by atoms with Crippen molar-refractivity contribution in [1.82, 2.24) is 4.98 Å². The van der Waals surface area contributed by atoms with E-state index in [1.165, 1.54) is 19.1 Å². The molecule has 0 saturated heterocycles. The van der Waals surface area contributed by atoms with E-state index >= 15 is 0 Å². The van der Waals surface area contributed by atoms with Crippen LogP contribution in [0.25, 0.3) is 11.1 Å². The average molecular weight is 252 g/mol. The minimum Gasteiger partial charge on any atom is -0.438 e. The molecule has 0 spiro atoms. The summed E-state index contributed by atoms with van der Waals surface area (Å²) in [6.07, 6.45) is -2.18. The molecule has 2 aromatic rings. The zero-order chi connectivity index (χ0) is 13.3. The highest BCUT2D eigenvalue weighted by atomic mass is 19.1. The van der Waals surface area contributed by atoms with Gasteiger partial charge in [-0.3, -0.25) is 4.79 Å². The summed E-state index contributed by atoms with van der Waals surface area (Å²) in [7, 11) is 0. The number of carbonyl (C=O) groups is 2. The number of rotatable bonds is 3. The van der Waals surface area contributed by atoms with Crippen molar-refractivity contribution in [3.8, 4) is 0 Å². The van der Waals surface area contributed by atoms with Crippen LogP contribution in [0.3, 0.4) is 0 Å². The number of hydrogen-bond donors (Lipinski definition) is 1. The van der Waals surface area contributed by atoms with Gasteiger partial charge in [0, 0.05) is 6.07 Å². The van der Waals surface area contributed by atoms with Gasteiger partial charge in [-0.05, 0) is 19.1 Å².